The van der Waals surface area contributed by atoms with Gasteiger partial charge in [-0.3, -0.25) is 0 Å². The first-order valence-electron chi connectivity index (χ1n) is 6.86. The fourth-order valence-corrected chi connectivity index (χ4v) is 3.77. The van der Waals surface area contributed by atoms with Crippen LogP contribution in [0.5, 0.6) is 0 Å². The van der Waals surface area contributed by atoms with Crippen molar-refractivity contribution in [3.63, 3.8) is 0 Å². The second-order valence-corrected chi connectivity index (χ2v) is 5.79. The topological polar surface area (TPSA) is 26.0 Å². The van der Waals surface area contributed by atoms with Gasteiger partial charge in [0.15, 0.2) is 0 Å². The lowest BCUT2D eigenvalue weighted by Gasteiger charge is -2.12. The highest BCUT2D eigenvalue weighted by Crippen LogP contribution is 2.56. The van der Waals surface area contributed by atoms with Gasteiger partial charge < -0.3 is 5.73 Å². The van der Waals surface area contributed by atoms with Crippen molar-refractivity contribution in [1.82, 2.24) is 0 Å². The first-order valence-corrected chi connectivity index (χ1v) is 6.86. The molecular formula is C15H19F2N. The Balaban J connectivity index is 1.67. The van der Waals surface area contributed by atoms with Crippen molar-refractivity contribution in [3.05, 3.63) is 35.4 Å². The largest absolute Gasteiger partial charge is 0.327 e. The summed E-state index contributed by atoms with van der Waals surface area (Å²) in [6, 6.07) is 3.61. The first kappa shape index (κ1) is 12.1. The quantitative estimate of drug-likeness (QED) is 0.876. The van der Waals surface area contributed by atoms with Crippen molar-refractivity contribution in [2.45, 2.75) is 38.1 Å². The lowest BCUT2D eigenvalue weighted by Crippen LogP contribution is -2.27. The van der Waals surface area contributed by atoms with Gasteiger partial charge in [-0.15, -0.1) is 0 Å². The monoisotopic (exact) mass is 251 g/mol. The predicted molar refractivity (Wildman–Crippen MR) is 67.0 cm³/mol. The van der Waals surface area contributed by atoms with Crippen LogP contribution in [0.15, 0.2) is 18.2 Å². The van der Waals surface area contributed by atoms with Crippen LogP contribution in [0.2, 0.25) is 0 Å². The summed E-state index contributed by atoms with van der Waals surface area (Å²) in [6.07, 6.45) is 5.61. The average molecular weight is 251 g/mol. The molecule has 3 unspecified atom stereocenters. The van der Waals surface area contributed by atoms with Crippen molar-refractivity contribution in [2.24, 2.45) is 23.5 Å². The molecular weight excluding hydrogens is 232 g/mol. The minimum Gasteiger partial charge on any atom is -0.327 e. The fourth-order valence-electron chi connectivity index (χ4n) is 3.77. The summed E-state index contributed by atoms with van der Waals surface area (Å²) in [4.78, 5) is 0. The van der Waals surface area contributed by atoms with Crippen molar-refractivity contribution < 1.29 is 8.78 Å². The third-order valence-electron chi connectivity index (χ3n) is 4.68. The summed E-state index contributed by atoms with van der Waals surface area (Å²) in [5.41, 5.74) is 6.62. The van der Waals surface area contributed by atoms with Crippen LogP contribution in [-0.4, -0.2) is 6.04 Å². The maximum atomic E-state index is 13.6. The van der Waals surface area contributed by atoms with Crippen molar-refractivity contribution in [1.29, 1.82) is 0 Å². The third kappa shape index (κ3) is 2.16. The summed E-state index contributed by atoms with van der Waals surface area (Å²) in [7, 11) is 0. The Labute approximate surface area is 106 Å². The highest BCUT2D eigenvalue weighted by molar-refractivity contribution is 5.21. The van der Waals surface area contributed by atoms with Crippen LogP contribution in [0, 0.1) is 29.4 Å². The fraction of sp³-hybridized carbons (Fsp3) is 0.600. The molecule has 0 amide bonds. The molecule has 3 heteroatoms. The van der Waals surface area contributed by atoms with Gasteiger partial charge in [-0.1, -0.05) is 12.8 Å². The molecule has 2 aliphatic rings. The Hall–Kier alpha value is -0.960. The molecule has 2 N–H and O–H groups in total. The van der Waals surface area contributed by atoms with Crippen molar-refractivity contribution in [3.8, 4) is 0 Å². The van der Waals surface area contributed by atoms with Gasteiger partial charge in [-0.05, 0) is 60.8 Å². The van der Waals surface area contributed by atoms with Crippen LogP contribution in [-0.2, 0) is 6.42 Å². The summed E-state index contributed by atoms with van der Waals surface area (Å²) in [5.74, 6) is 1.33. The third-order valence-corrected chi connectivity index (χ3v) is 4.68. The number of hydrogen-bond donors (Lipinski definition) is 1. The molecule has 0 bridgehead atoms. The highest BCUT2D eigenvalue weighted by atomic mass is 19.1. The van der Waals surface area contributed by atoms with E-state index in [1.54, 1.807) is 0 Å². The smallest absolute Gasteiger partial charge is 0.126 e. The van der Waals surface area contributed by atoms with Gasteiger partial charge in [0.2, 0.25) is 0 Å². The van der Waals surface area contributed by atoms with E-state index in [4.69, 9.17) is 5.73 Å². The average Bonchev–Trinajstić information content (AvgIpc) is 3.08. The Morgan fingerprint density at radius 1 is 1.17 bits per heavy atom. The molecule has 1 aromatic carbocycles. The minimum absolute atomic E-state index is 0.0191. The van der Waals surface area contributed by atoms with E-state index in [2.05, 4.69) is 0 Å². The molecule has 3 rings (SSSR count). The van der Waals surface area contributed by atoms with Crippen LogP contribution in [0.1, 0.15) is 31.2 Å². The van der Waals surface area contributed by atoms with Gasteiger partial charge in [0, 0.05) is 6.04 Å². The van der Waals surface area contributed by atoms with Crippen molar-refractivity contribution in [2.75, 3.05) is 0 Å². The van der Waals surface area contributed by atoms with E-state index in [0.717, 1.165) is 17.9 Å². The summed E-state index contributed by atoms with van der Waals surface area (Å²) in [6.45, 7) is 0. The number of fused-ring (bicyclic) bond motifs is 1. The Kier molecular flexibility index (Phi) is 3.10. The SMILES string of the molecule is NC(Cc1cc(F)ccc1F)C1C2CCCCC21. The Morgan fingerprint density at radius 3 is 2.50 bits per heavy atom. The van der Waals surface area contributed by atoms with Gasteiger partial charge in [-0.25, -0.2) is 8.78 Å². The number of rotatable bonds is 3. The maximum absolute atomic E-state index is 13.6. The molecule has 1 aromatic rings. The van der Waals surface area contributed by atoms with E-state index in [1.807, 2.05) is 0 Å². The molecule has 2 fully saturated rings. The van der Waals surface area contributed by atoms with Crippen LogP contribution in [0.25, 0.3) is 0 Å². The van der Waals surface area contributed by atoms with Crippen LogP contribution >= 0.6 is 0 Å². The van der Waals surface area contributed by atoms with Gasteiger partial charge in [-0.2, -0.15) is 0 Å². The number of benzene rings is 1. The molecule has 18 heavy (non-hydrogen) atoms. The molecule has 0 heterocycles. The van der Waals surface area contributed by atoms with Gasteiger partial charge in [0.05, 0.1) is 0 Å². The molecule has 0 radical (unpaired) electrons. The summed E-state index contributed by atoms with van der Waals surface area (Å²) in [5, 5.41) is 0. The zero-order chi connectivity index (χ0) is 12.7. The van der Waals surface area contributed by atoms with Gasteiger partial charge >= 0.3 is 0 Å². The molecule has 0 spiro atoms. The van der Waals surface area contributed by atoms with Gasteiger partial charge in [0.25, 0.3) is 0 Å². The number of halogens is 2. The first-order chi connectivity index (χ1) is 8.66. The highest BCUT2D eigenvalue weighted by Gasteiger charge is 2.52. The zero-order valence-electron chi connectivity index (χ0n) is 10.4. The summed E-state index contributed by atoms with van der Waals surface area (Å²) >= 11 is 0. The molecule has 1 nitrogen and oxygen atoms in total. The molecule has 98 valence electrons. The lowest BCUT2D eigenvalue weighted by atomic mass is 10.0. The van der Waals surface area contributed by atoms with E-state index < -0.39 is 0 Å². The zero-order valence-corrected chi connectivity index (χ0v) is 10.4. The van der Waals surface area contributed by atoms with E-state index in [-0.39, 0.29) is 17.7 Å². The second kappa shape index (κ2) is 4.61. The molecule has 2 saturated carbocycles. The predicted octanol–water partition coefficient (Wildman–Crippen LogP) is 3.27. The van der Waals surface area contributed by atoms with Crippen LogP contribution < -0.4 is 5.73 Å². The normalized spacial score (nSPS) is 31.8. The minimum atomic E-state index is -0.383. The van der Waals surface area contributed by atoms with Crippen LogP contribution in [0.3, 0.4) is 0 Å². The molecule has 0 saturated heterocycles. The van der Waals surface area contributed by atoms with E-state index in [0.29, 0.717) is 17.9 Å². The maximum Gasteiger partial charge on any atom is 0.126 e. The number of nitrogens with two attached hydrogens (primary N) is 1. The Bertz CT molecular complexity index is 434. The van der Waals surface area contributed by atoms with E-state index >= 15 is 0 Å². The number of hydrogen-bond acceptors (Lipinski definition) is 1. The van der Waals surface area contributed by atoms with Crippen LogP contribution in [0.4, 0.5) is 8.78 Å². The lowest BCUT2D eigenvalue weighted by molar-refractivity contribution is 0.480. The van der Waals surface area contributed by atoms with E-state index in [1.165, 1.54) is 37.8 Å². The van der Waals surface area contributed by atoms with Gasteiger partial charge in [0.1, 0.15) is 11.6 Å². The Morgan fingerprint density at radius 2 is 1.83 bits per heavy atom. The molecule has 0 aromatic heterocycles. The summed E-state index contributed by atoms with van der Waals surface area (Å²) < 4.78 is 26.7. The second-order valence-electron chi connectivity index (χ2n) is 5.79. The molecule has 3 atom stereocenters. The standard InChI is InChI=1S/C15H19F2N/c16-10-5-6-13(17)9(7-10)8-14(18)15-11-3-1-2-4-12(11)15/h5-7,11-12,14-15H,1-4,8,18H2. The van der Waals surface area contributed by atoms with Crippen molar-refractivity contribution >= 4 is 0 Å². The molecule has 0 aliphatic heterocycles. The molecule has 2 aliphatic carbocycles. The van der Waals surface area contributed by atoms with E-state index in [9.17, 15) is 8.78 Å².